The summed E-state index contributed by atoms with van der Waals surface area (Å²) < 4.78 is 5.19. The molecule has 3 aliphatic rings. The van der Waals surface area contributed by atoms with Crippen LogP contribution in [0.2, 0.25) is 0 Å². The van der Waals surface area contributed by atoms with Crippen molar-refractivity contribution < 1.29 is 24.3 Å². The van der Waals surface area contributed by atoms with E-state index in [1.54, 1.807) is 9.80 Å². The number of hydrogen-bond donors (Lipinski definition) is 1. The molecule has 0 aromatic heterocycles. The molecule has 0 unspecified atom stereocenters. The molecule has 9 heteroatoms. The number of morpholine rings is 1. The van der Waals surface area contributed by atoms with Crippen LogP contribution in [-0.4, -0.2) is 94.9 Å². The number of nitrogens with zero attached hydrogens (tertiary/aromatic N) is 4. The summed E-state index contributed by atoms with van der Waals surface area (Å²) in [4.78, 5) is 40.2. The lowest BCUT2D eigenvalue weighted by atomic mass is 10.2. The second kappa shape index (κ2) is 4.91. The highest BCUT2D eigenvalue weighted by atomic mass is 16.5. The maximum absolute atomic E-state index is 12.3. The molecular weight excluding hydrogens is 268 g/mol. The Morgan fingerprint density at radius 2 is 1.80 bits per heavy atom. The quantitative estimate of drug-likeness (QED) is 0.444. The Balaban J connectivity index is 1.68. The Kier molecular flexibility index (Phi) is 3.22. The molecule has 0 aromatic carbocycles. The normalized spacial score (nSPS) is 27.1. The standard InChI is InChI=1S/C11H16N4O5/c16-9-8-7-13(1-2-14(8)11(18)15(9)19)10(17)12-3-5-20-6-4-12/h8,19H,1-7H2/t8-/m0/s1. The van der Waals surface area contributed by atoms with Gasteiger partial charge in [-0.3, -0.25) is 10.0 Å². The van der Waals surface area contributed by atoms with Gasteiger partial charge in [-0.1, -0.05) is 0 Å². The predicted octanol–water partition coefficient (Wildman–Crippen LogP) is -1.22. The third kappa shape index (κ3) is 1.98. The smallest absolute Gasteiger partial charge is 0.352 e. The fourth-order valence-corrected chi connectivity index (χ4v) is 2.71. The first-order valence-electron chi connectivity index (χ1n) is 6.54. The van der Waals surface area contributed by atoms with Crippen molar-refractivity contribution in [1.29, 1.82) is 0 Å². The number of carbonyl (C=O) groups is 3. The molecule has 20 heavy (non-hydrogen) atoms. The van der Waals surface area contributed by atoms with E-state index in [-0.39, 0.29) is 24.2 Å². The molecule has 3 heterocycles. The van der Waals surface area contributed by atoms with Gasteiger partial charge in [0.2, 0.25) is 0 Å². The first-order chi connectivity index (χ1) is 9.59. The van der Waals surface area contributed by atoms with E-state index in [4.69, 9.17) is 4.74 Å². The van der Waals surface area contributed by atoms with Crippen LogP contribution in [0.4, 0.5) is 9.59 Å². The molecule has 3 saturated heterocycles. The Morgan fingerprint density at radius 3 is 2.50 bits per heavy atom. The summed E-state index contributed by atoms with van der Waals surface area (Å²) in [6, 6.07) is -1.63. The van der Waals surface area contributed by atoms with E-state index in [2.05, 4.69) is 0 Å². The number of imide groups is 1. The summed E-state index contributed by atoms with van der Waals surface area (Å²) in [5, 5.41) is 9.47. The number of rotatable bonds is 0. The van der Waals surface area contributed by atoms with E-state index in [1.807, 2.05) is 0 Å². The maximum atomic E-state index is 12.3. The number of hydrogen-bond acceptors (Lipinski definition) is 5. The van der Waals surface area contributed by atoms with E-state index in [9.17, 15) is 19.6 Å². The molecule has 0 bridgehead atoms. The summed E-state index contributed by atoms with van der Waals surface area (Å²) in [6.07, 6.45) is 0. The van der Waals surface area contributed by atoms with Gasteiger partial charge < -0.3 is 19.4 Å². The lowest BCUT2D eigenvalue weighted by molar-refractivity contribution is -0.149. The molecule has 0 aliphatic carbocycles. The SMILES string of the molecule is O=C(N1CCOCC1)N1CCN2C(=O)N(O)C(=O)[C@@H]2C1. The lowest BCUT2D eigenvalue weighted by Gasteiger charge is -2.38. The Labute approximate surface area is 115 Å². The number of hydroxylamine groups is 2. The predicted molar refractivity (Wildman–Crippen MR) is 63.9 cm³/mol. The lowest BCUT2D eigenvalue weighted by Crippen LogP contribution is -2.58. The van der Waals surface area contributed by atoms with Gasteiger partial charge in [-0.2, -0.15) is 0 Å². The zero-order valence-corrected chi connectivity index (χ0v) is 10.9. The maximum Gasteiger partial charge on any atom is 0.352 e. The first kappa shape index (κ1) is 13.1. The number of amides is 5. The van der Waals surface area contributed by atoms with Gasteiger partial charge in [0, 0.05) is 26.2 Å². The molecule has 0 saturated carbocycles. The van der Waals surface area contributed by atoms with Crippen molar-refractivity contribution in [2.24, 2.45) is 0 Å². The summed E-state index contributed by atoms with van der Waals surface area (Å²) >= 11 is 0. The van der Waals surface area contributed by atoms with Crippen LogP contribution in [0.1, 0.15) is 0 Å². The minimum Gasteiger partial charge on any atom is -0.378 e. The highest BCUT2D eigenvalue weighted by Crippen LogP contribution is 2.21. The Bertz CT molecular complexity index is 450. The molecule has 1 N–H and O–H groups in total. The molecule has 1 atom stereocenters. The fourth-order valence-electron chi connectivity index (χ4n) is 2.71. The zero-order chi connectivity index (χ0) is 14.3. The van der Waals surface area contributed by atoms with Gasteiger partial charge in [0.15, 0.2) is 0 Å². The first-order valence-corrected chi connectivity index (χ1v) is 6.54. The van der Waals surface area contributed by atoms with E-state index in [1.165, 1.54) is 4.90 Å². The van der Waals surface area contributed by atoms with Crippen molar-refractivity contribution in [3.8, 4) is 0 Å². The largest absolute Gasteiger partial charge is 0.378 e. The van der Waals surface area contributed by atoms with Gasteiger partial charge in [0.25, 0.3) is 5.91 Å². The third-order valence-electron chi connectivity index (χ3n) is 3.85. The van der Waals surface area contributed by atoms with Crippen LogP contribution in [0.5, 0.6) is 0 Å². The molecule has 0 radical (unpaired) electrons. The highest BCUT2D eigenvalue weighted by molar-refractivity contribution is 6.03. The minimum absolute atomic E-state index is 0.123. The highest BCUT2D eigenvalue weighted by Gasteiger charge is 2.48. The molecule has 0 spiro atoms. The molecule has 3 fully saturated rings. The Morgan fingerprint density at radius 1 is 1.10 bits per heavy atom. The zero-order valence-electron chi connectivity index (χ0n) is 10.9. The van der Waals surface area contributed by atoms with Crippen molar-refractivity contribution in [3.63, 3.8) is 0 Å². The monoisotopic (exact) mass is 284 g/mol. The van der Waals surface area contributed by atoms with Crippen LogP contribution in [-0.2, 0) is 9.53 Å². The number of fused-ring (bicyclic) bond motifs is 1. The second-order valence-corrected chi connectivity index (χ2v) is 4.97. The fraction of sp³-hybridized carbons (Fsp3) is 0.727. The van der Waals surface area contributed by atoms with Gasteiger partial charge in [-0.05, 0) is 0 Å². The number of ether oxygens (including phenoxy) is 1. The summed E-state index contributed by atoms with van der Waals surface area (Å²) in [6.45, 7) is 2.82. The van der Waals surface area contributed by atoms with E-state index < -0.39 is 18.0 Å². The van der Waals surface area contributed by atoms with Gasteiger partial charge in [0.1, 0.15) is 6.04 Å². The van der Waals surface area contributed by atoms with E-state index in [0.717, 1.165) is 0 Å². The van der Waals surface area contributed by atoms with Gasteiger partial charge in [0.05, 0.1) is 19.8 Å². The van der Waals surface area contributed by atoms with Crippen molar-refractivity contribution in [2.45, 2.75) is 6.04 Å². The molecule has 0 aromatic rings. The molecule has 9 nitrogen and oxygen atoms in total. The number of piperazine rings is 1. The van der Waals surface area contributed by atoms with Crippen LogP contribution in [0.25, 0.3) is 0 Å². The molecular formula is C11H16N4O5. The van der Waals surface area contributed by atoms with Crippen LogP contribution in [0.3, 0.4) is 0 Å². The van der Waals surface area contributed by atoms with Crippen molar-refractivity contribution in [3.05, 3.63) is 0 Å². The molecule has 5 amide bonds. The van der Waals surface area contributed by atoms with Gasteiger partial charge >= 0.3 is 12.1 Å². The molecule has 110 valence electrons. The number of carbonyl (C=O) groups excluding carboxylic acids is 3. The van der Waals surface area contributed by atoms with Crippen LogP contribution < -0.4 is 0 Å². The second-order valence-electron chi connectivity index (χ2n) is 4.97. The summed E-state index contributed by atoms with van der Waals surface area (Å²) in [5.41, 5.74) is 0. The van der Waals surface area contributed by atoms with Crippen LogP contribution in [0, 0.1) is 0 Å². The van der Waals surface area contributed by atoms with Crippen molar-refractivity contribution >= 4 is 18.0 Å². The minimum atomic E-state index is -0.772. The average molecular weight is 284 g/mol. The van der Waals surface area contributed by atoms with E-state index >= 15 is 0 Å². The van der Waals surface area contributed by atoms with Gasteiger partial charge in [-0.25, -0.2) is 9.59 Å². The summed E-state index contributed by atoms with van der Waals surface area (Å²) in [7, 11) is 0. The van der Waals surface area contributed by atoms with Crippen LogP contribution >= 0.6 is 0 Å². The van der Waals surface area contributed by atoms with Crippen molar-refractivity contribution in [2.75, 3.05) is 45.9 Å². The van der Waals surface area contributed by atoms with Crippen LogP contribution in [0.15, 0.2) is 0 Å². The third-order valence-corrected chi connectivity index (χ3v) is 3.85. The number of urea groups is 2. The molecule has 3 rings (SSSR count). The average Bonchev–Trinajstić information content (AvgIpc) is 2.72. The molecule has 3 aliphatic heterocycles. The topological polar surface area (TPSA) is 93.6 Å². The van der Waals surface area contributed by atoms with Gasteiger partial charge in [-0.15, -0.1) is 5.06 Å². The Hall–Kier alpha value is -1.87. The summed E-state index contributed by atoms with van der Waals surface area (Å²) in [5.74, 6) is -0.672. The van der Waals surface area contributed by atoms with Crippen molar-refractivity contribution in [1.82, 2.24) is 19.8 Å². The van der Waals surface area contributed by atoms with E-state index in [0.29, 0.717) is 32.8 Å².